The lowest BCUT2D eigenvalue weighted by atomic mass is 10.0. The lowest BCUT2D eigenvalue weighted by Gasteiger charge is -2.37. The van der Waals surface area contributed by atoms with Gasteiger partial charge in [0.25, 0.3) is 5.91 Å². The summed E-state index contributed by atoms with van der Waals surface area (Å²) < 4.78 is 5.07. The Bertz CT molecular complexity index is 758. The van der Waals surface area contributed by atoms with Gasteiger partial charge in [0, 0.05) is 12.2 Å². The number of phenols is 1. The second-order valence-corrected chi connectivity index (χ2v) is 5.27. The smallest absolute Gasteiger partial charge is 0.258 e. The second kappa shape index (κ2) is 6.04. The average molecular weight is 310 g/mol. The van der Waals surface area contributed by atoms with Crippen LogP contribution in [0.15, 0.2) is 55.1 Å². The van der Waals surface area contributed by atoms with Crippen LogP contribution < -0.4 is 10.1 Å². The van der Waals surface area contributed by atoms with E-state index < -0.39 is 0 Å². The highest BCUT2D eigenvalue weighted by Crippen LogP contribution is 2.36. The van der Waals surface area contributed by atoms with Crippen LogP contribution in [0.25, 0.3) is 0 Å². The zero-order chi connectivity index (χ0) is 16.4. The van der Waals surface area contributed by atoms with Gasteiger partial charge in [-0.3, -0.25) is 4.79 Å². The van der Waals surface area contributed by atoms with Crippen molar-refractivity contribution in [3.63, 3.8) is 0 Å². The number of fused-ring (bicyclic) bond motifs is 1. The summed E-state index contributed by atoms with van der Waals surface area (Å²) in [4.78, 5) is 14.4. The third kappa shape index (κ3) is 2.61. The van der Waals surface area contributed by atoms with Crippen LogP contribution in [0.4, 0.5) is 5.69 Å². The number of benzene rings is 2. The molecule has 2 aromatic rings. The van der Waals surface area contributed by atoms with Crippen LogP contribution in [0.3, 0.4) is 0 Å². The maximum atomic E-state index is 12.7. The highest BCUT2D eigenvalue weighted by Gasteiger charge is 2.32. The normalized spacial score (nSPS) is 16.5. The number of rotatable bonds is 4. The van der Waals surface area contributed by atoms with Crippen LogP contribution in [0.1, 0.15) is 22.1 Å². The van der Waals surface area contributed by atoms with E-state index in [2.05, 4.69) is 11.9 Å². The molecule has 0 unspecified atom stereocenters. The third-order valence-corrected chi connectivity index (χ3v) is 3.87. The summed E-state index contributed by atoms with van der Waals surface area (Å²) in [6, 6.07) is 12.5. The highest BCUT2D eigenvalue weighted by molar-refractivity contribution is 6.01. The molecule has 0 fully saturated rings. The Kier molecular flexibility index (Phi) is 3.93. The Balaban J connectivity index is 2.04. The van der Waals surface area contributed by atoms with Crippen LogP contribution >= 0.6 is 0 Å². The summed E-state index contributed by atoms with van der Waals surface area (Å²) in [7, 11) is 1.50. The van der Waals surface area contributed by atoms with E-state index >= 15 is 0 Å². The number of amides is 1. The first-order chi connectivity index (χ1) is 11.2. The molecule has 0 radical (unpaired) electrons. The first-order valence-electron chi connectivity index (χ1n) is 7.30. The zero-order valence-electron chi connectivity index (χ0n) is 12.8. The van der Waals surface area contributed by atoms with Crippen molar-refractivity contribution < 1.29 is 14.6 Å². The predicted octanol–water partition coefficient (Wildman–Crippen LogP) is 3.15. The van der Waals surface area contributed by atoms with Gasteiger partial charge in [-0.15, -0.1) is 6.58 Å². The molecule has 1 aliphatic rings. The summed E-state index contributed by atoms with van der Waals surface area (Å²) >= 11 is 0. The first-order valence-corrected chi connectivity index (χ1v) is 7.30. The number of aromatic hydroxyl groups is 1. The van der Waals surface area contributed by atoms with Crippen molar-refractivity contribution in [2.45, 2.75) is 6.17 Å². The number of carbonyl (C=O) groups excluding carboxylic acids is 1. The minimum absolute atomic E-state index is 0.0386. The molecule has 2 N–H and O–H groups in total. The molecule has 0 aliphatic carbocycles. The number of para-hydroxylation sites is 1. The number of hydrogen-bond donors (Lipinski definition) is 2. The van der Waals surface area contributed by atoms with Crippen molar-refractivity contribution in [3.05, 3.63) is 66.2 Å². The molecular weight excluding hydrogens is 292 g/mol. The Labute approximate surface area is 134 Å². The lowest BCUT2D eigenvalue weighted by molar-refractivity contribution is 0.0707. The van der Waals surface area contributed by atoms with E-state index in [1.807, 2.05) is 24.3 Å². The van der Waals surface area contributed by atoms with Crippen LogP contribution in [0.2, 0.25) is 0 Å². The topological polar surface area (TPSA) is 61.8 Å². The number of phenolic OH excluding ortho intramolecular Hbond substituents is 1. The van der Waals surface area contributed by atoms with E-state index in [0.29, 0.717) is 17.9 Å². The van der Waals surface area contributed by atoms with Crippen molar-refractivity contribution in [1.82, 2.24) is 4.90 Å². The van der Waals surface area contributed by atoms with Crippen LogP contribution in [-0.2, 0) is 0 Å². The lowest BCUT2D eigenvalue weighted by Crippen LogP contribution is -2.42. The monoisotopic (exact) mass is 310 g/mol. The minimum Gasteiger partial charge on any atom is -0.504 e. The van der Waals surface area contributed by atoms with Gasteiger partial charge in [-0.25, -0.2) is 0 Å². The van der Waals surface area contributed by atoms with E-state index in [4.69, 9.17) is 4.74 Å². The SMILES string of the molecule is C=CCN1C(=O)c2ccccc2N[C@@H]1c1ccc(OC)c(O)c1. The Hall–Kier alpha value is -2.95. The van der Waals surface area contributed by atoms with Crippen molar-refractivity contribution in [2.24, 2.45) is 0 Å². The zero-order valence-corrected chi connectivity index (χ0v) is 12.8. The number of ether oxygens (including phenoxy) is 1. The maximum Gasteiger partial charge on any atom is 0.258 e. The minimum atomic E-state index is -0.382. The Morgan fingerprint density at radius 1 is 1.35 bits per heavy atom. The third-order valence-electron chi connectivity index (χ3n) is 3.87. The molecule has 0 aromatic heterocycles. The molecular formula is C18H18N2O3. The quantitative estimate of drug-likeness (QED) is 0.852. The van der Waals surface area contributed by atoms with Gasteiger partial charge in [-0.2, -0.15) is 0 Å². The fraction of sp³-hybridized carbons (Fsp3) is 0.167. The van der Waals surface area contributed by atoms with E-state index in [1.54, 1.807) is 29.2 Å². The summed E-state index contributed by atoms with van der Waals surface area (Å²) in [5.74, 6) is 0.364. The molecule has 0 bridgehead atoms. The van der Waals surface area contributed by atoms with E-state index in [1.165, 1.54) is 7.11 Å². The number of carbonyl (C=O) groups is 1. The molecule has 1 atom stereocenters. The van der Waals surface area contributed by atoms with Crippen molar-refractivity contribution in [1.29, 1.82) is 0 Å². The Morgan fingerprint density at radius 2 is 2.13 bits per heavy atom. The molecule has 2 aromatic carbocycles. The summed E-state index contributed by atoms with van der Waals surface area (Å²) in [5, 5.41) is 13.4. The number of hydrogen-bond acceptors (Lipinski definition) is 4. The van der Waals surface area contributed by atoms with Crippen LogP contribution in [-0.4, -0.2) is 29.6 Å². The summed E-state index contributed by atoms with van der Waals surface area (Å²) in [5.41, 5.74) is 2.18. The van der Waals surface area contributed by atoms with Gasteiger partial charge in [0.05, 0.1) is 12.7 Å². The van der Waals surface area contributed by atoms with Crippen LogP contribution in [0.5, 0.6) is 11.5 Å². The molecule has 5 heteroatoms. The van der Waals surface area contributed by atoms with Gasteiger partial charge >= 0.3 is 0 Å². The summed E-state index contributed by atoms with van der Waals surface area (Å²) in [6.45, 7) is 4.13. The molecule has 23 heavy (non-hydrogen) atoms. The standard InChI is InChI=1S/C18H18N2O3/c1-3-10-20-17(12-8-9-16(23-2)15(21)11-12)19-14-7-5-4-6-13(14)18(20)22/h3-9,11,17,19,21H,1,10H2,2H3/t17-/m0/s1. The molecule has 118 valence electrons. The molecule has 1 heterocycles. The van der Waals surface area contributed by atoms with Crippen molar-refractivity contribution >= 4 is 11.6 Å². The summed E-state index contributed by atoms with van der Waals surface area (Å²) in [6.07, 6.45) is 1.30. The fourth-order valence-electron chi connectivity index (χ4n) is 2.76. The highest BCUT2D eigenvalue weighted by atomic mass is 16.5. The van der Waals surface area contributed by atoms with E-state index in [0.717, 1.165) is 11.3 Å². The van der Waals surface area contributed by atoms with Gasteiger partial charge in [-0.1, -0.05) is 24.3 Å². The van der Waals surface area contributed by atoms with Gasteiger partial charge in [0.2, 0.25) is 0 Å². The molecule has 3 rings (SSSR count). The van der Waals surface area contributed by atoms with Gasteiger partial charge in [0.15, 0.2) is 11.5 Å². The largest absolute Gasteiger partial charge is 0.504 e. The molecule has 0 spiro atoms. The van der Waals surface area contributed by atoms with E-state index in [-0.39, 0.29) is 17.8 Å². The first kappa shape index (κ1) is 15.0. The second-order valence-electron chi connectivity index (χ2n) is 5.27. The van der Waals surface area contributed by atoms with Crippen molar-refractivity contribution in [2.75, 3.05) is 19.0 Å². The molecule has 1 aliphatic heterocycles. The predicted molar refractivity (Wildman–Crippen MR) is 88.7 cm³/mol. The molecule has 0 saturated heterocycles. The fourth-order valence-corrected chi connectivity index (χ4v) is 2.76. The number of anilines is 1. The van der Waals surface area contributed by atoms with Gasteiger partial charge in [0.1, 0.15) is 6.17 Å². The Morgan fingerprint density at radius 3 is 2.83 bits per heavy atom. The van der Waals surface area contributed by atoms with Gasteiger partial charge in [-0.05, 0) is 29.8 Å². The van der Waals surface area contributed by atoms with Crippen LogP contribution in [0, 0.1) is 0 Å². The molecule has 0 saturated carbocycles. The van der Waals surface area contributed by atoms with Gasteiger partial charge < -0.3 is 20.1 Å². The molecule has 1 amide bonds. The number of nitrogens with one attached hydrogen (secondary N) is 1. The average Bonchev–Trinajstić information content (AvgIpc) is 2.57. The maximum absolute atomic E-state index is 12.7. The van der Waals surface area contributed by atoms with E-state index in [9.17, 15) is 9.90 Å². The van der Waals surface area contributed by atoms with Crippen molar-refractivity contribution in [3.8, 4) is 11.5 Å². The molecule has 5 nitrogen and oxygen atoms in total. The number of methoxy groups -OCH3 is 1. The number of nitrogens with zero attached hydrogens (tertiary/aromatic N) is 1.